The molecule has 0 saturated heterocycles. The van der Waals surface area contributed by atoms with Gasteiger partial charge in [-0.05, 0) is 67.1 Å². The van der Waals surface area contributed by atoms with E-state index in [0.29, 0.717) is 0 Å². The first kappa shape index (κ1) is 22.5. The minimum Gasteiger partial charge on any atom is -0.0656 e. The van der Waals surface area contributed by atoms with Gasteiger partial charge in [-0.15, -0.1) is 0 Å². The molecule has 0 saturated carbocycles. The topological polar surface area (TPSA) is 0 Å². The van der Waals surface area contributed by atoms with E-state index in [4.69, 9.17) is 0 Å². The molecule has 0 atom stereocenters. The summed E-state index contributed by atoms with van der Waals surface area (Å²) in [5.41, 5.74) is 7.57. The molecule has 6 aromatic rings. The minimum atomic E-state index is -1.29. The average molecular weight is 479 g/mol. The predicted molar refractivity (Wildman–Crippen MR) is 161 cm³/mol. The third kappa shape index (κ3) is 4.27. The van der Waals surface area contributed by atoms with Crippen molar-refractivity contribution in [2.45, 2.75) is 19.6 Å². The zero-order valence-corrected chi connectivity index (χ0v) is 22.1. The second-order valence-corrected chi connectivity index (χ2v) is 15.8. The fourth-order valence-electron chi connectivity index (χ4n) is 5.09. The van der Waals surface area contributed by atoms with E-state index in [1.807, 2.05) is 0 Å². The third-order valence-electron chi connectivity index (χ3n) is 7.24. The second-order valence-electron chi connectivity index (χ2n) is 10.7. The van der Waals surface area contributed by atoms with Crippen molar-refractivity contribution in [1.29, 1.82) is 0 Å². The largest absolute Gasteiger partial charge is 0.0775 e. The van der Waals surface area contributed by atoms with Crippen LogP contribution in [0.15, 0.2) is 127 Å². The highest BCUT2D eigenvalue weighted by atomic mass is 28.3. The van der Waals surface area contributed by atoms with Crippen molar-refractivity contribution in [3.63, 3.8) is 0 Å². The molecule has 0 aromatic heterocycles. The highest BCUT2D eigenvalue weighted by molar-refractivity contribution is 6.88. The van der Waals surface area contributed by atoms with Crippen molar-refractivity contribution >= 4 is 34.8 Å². The van der Waals surface area contributed by atoms with Crippen LogP contribution in [0.25, 0.3) is 54.9 Å². The van der Waals surface area contributed by atoms with Crippen LogP contribution in [0.4, 0.5) is 0 Å². The van der Waals surface area contributed by atoms with Gasteiger partial charge in [0.1, 0.15) is 0 Å². The summed E-state index contributed by atoms with van der Waals surface area (Å²) in [6.45, 7) is 7.19. The minimum absolute atomic E-state index is 1.24. The van der Waals surface area contributed by atoms with Crippen LogP contribution in [0.2, 0.25) is 19.6 Å². The van der Waals surface area contributed by atoms with E-state index in [1.165, 1.54) is 60.1 Å². The molecule has 6 rings (SSSR count). The average Bonchev–Trinajstić information content (AvgIpc) is 2.92. The monoisotopic (exact) mass is 478 g/mol. The fraction of sp³-hybridized carbons (Fsp3) is 0.0857. The first-order chi connectivity index (χ1) is 17.5. The van der Waals surface area contributed by atoms with Crippen LogP contribution in [-0.2, 0) is 0 Å². The Morgan fingerprint density at radius 2 is 0.917 bits per heavy atom. The van der Waals surface area contributed by atoms with Crippen LogP contribution >= 0.6 is 0 Å². The van der Waals surface area contributed by atoms with Gasteiger partial charge in [-0.2, -0.15) is 0 Å². The third-order valence-corrected chi connectivity index (χ3v) is 9.31. The molecule has 1 heteroatoms. The van der Waals surface area contributed by atoms with Gasteiger partial charge in [0, 0.05) is 0 Å². The van der Waals surface area contributed by atoms with Gasteiger partial charge in [-0.1, -0.05) is 140 Å². The Morgan fingerprint density at radius 3 is 1.56 bits per heavy atom. The van der Waals surface area contributed by atoms with Crippen LogP contribution < -0.4 is 5.19 Å². The number of rotatable bonds is 4. The van der Waals surface area contributed by atoms with E-state index in [1.54, 1.807) is 0 Å². The lowest BCUT2D eigenvalue weighted by Gasteiger charge is -2.17. The first-order valence-electron chi connectivity index (χ1n) is 12.7. The smallest absolute Gasteiger partial charge is 0.0656 e. The van der Waals surface area contributed by atoms with E-state index >= 15 is 0 Å². The number of hydrogen-bond donors (Lipinski definition) is 0. The summed E-state index contributed by atoms with van der Waals surface area (Å²) in [4.78, 5) is 0. The quantitative estimate of drug-likeness (QED) is 0.221. The summed E-state index contributed by atoms with van der Waals surface area (Å²) in [6, 6.07) is 46.9. The summed E-state index contributed by atoms with van der Waals surface area (Å²) >= 11 is 0. The maximum atomic E-state index is 2.40. The maximum Gasteiger partial charge on any atom is 0.0775 e. The number of benzene rings is 6. The normalized spacial score (nSPS) is 11.8. The van der Waals surface area contributed by atoms with Crippen molar-refractivity contribution in [3.05, 3.63) is 127 Å². The first-order valence-corrected chi connectivity index (χ1v) is 16.2. The van der Waals surface area contributed by atoms with Crippen LogP contribution in [0.5, 0.6) is 0 Å². The van der Waals surface area contributed by atoms with E-state index in [-0.39, 0.29) is 0 Å². The zero-order chi connectivity index (χ0) is 24.7. The standard InChI is InChI=1S/C35H30Si/c1-36(2,3)33-21-19-26(20-22-33)31-18-14-27-13-17-30(23-32(27)24-31)25-11-15-29(16-12-25)35-10-6-8-28-7-4-5-9-34(28)35/h4-24H,1-3H3. The molecule has 6 aromatic carbocycles. The number of fused-ring (bicyclic) bond motifs is 2. The van der Waals surface area contributed by atoms with Gasteiger partial charge in [0.15, 0.2) is 0 Å². The molecular formula is C35H30Si. The summed E-state index contributed by atoms with van der Waals surface area (Å²) < 4.78 is 0. The summed E-state index contributed by atoms with van der Waals surface area (Å²) in [5.74, 6) is 0. The second kappa shape index (κ2) is 8.93. The molecule has 0 heterocycles. The Hall–Kier alpha value is -3.94. The van der Waals surface area contributed by atoms with E-state index < -0.39 is 8.07 Å². The van der Waals surface area contributed by atoms with Crippen LogP contribution in [0.3, 0.4) is 0 Å². The molecule has 0 spiro atoms. The molecule has 0 unspecified atom stereocenters. The van der Waals surface area contributed by atoms with E-state index in [0.717, 1.165) is 0 Å². The number of hydrogen-bond acceptors (Lipinski definition) is 0. The highest BCUT2D eigenvalue weighted by Gasteiger charge is 2.15. The van der Waals surface area contributed by atoms with Gasteiger partial charge in [0.25, 0.3) is 0 Å². The molecule has 0 fully saturated rings. The van der Waals surface area contributed by atoms with Crippen LogP contribution in [0, 0.1) is 0 Å². The van der Waals surface area contributed by atoms with Gasteiger partial charge >= 0.3 is 0 Å². The van der Waals surface area contributed by atoms with Gasteiger partial charge in [0.05, 0.1) is 8.07 Å². The summed E-state index contributed by atoms with van der Waals surface area (Å²) in [5, 5.41) is 6.62. The molecule has 0 bridgehead atoms. The fourth-order valence-corrected chi connectivity index (χ4v) is 6.25. The van der Waals surface area contributed by atoms with Gasteiger partial charge < -0.3 is 0 Å². The maximum absolute atomic E-state index is 2.40. The molecule has 0 radical (unpaired) electrons. The molecule has 0 N–H and O–H groups in total. The van der Waals surface area contributed by atoms with Gasteiger partial charge in [-0.3, -0.25) is 0 Å². The summed E-state index contributed by atoms with van der Waals surface area (Å²) in [7, 11) is -1.29. The Kier molecular flexibility index (Phi) is 5.58. The SMILES string of the molecule is C[Si](C)(C)c1ccc(-c2ccc3ccc(-c4ccc(-c5cccc6ccccc56)cc4)cc3c2)cc1. The lowest BCUT2D eigenvalue weighted by atomic mass is 9.95. The van der Waals surface area contributed by atoms with Crippen molar-refractivity contribution in [2.24, 2.45) is 0 Å². The Balaban J connectivity index is 1.33. The molecular weight excluding hydrogens is 448 g/mol. The van der Waals surface area contributed by atoms with E-state index in [2.05, 4.69) is 147 Å². The van der Waals surface area contributed by atoms with Crippen LogP contribution in [-0.4, -0.2) is 8.07 Å². The van der Waals surface area contributed by atoms with Crippen molar-refractivity contribution in [3.8, 4) is 33.4 Å². The van der Waals surface area contributed by atoms with E-state index in [9.17, 15) is 0 Å². The predicted octanol–water partition coefficient (Wildman–Crippen LogP) is 9.54. The lowest BCUT2D eigenvalue weighted by Crippen LogP contribution is -2.37. The summed E-state index contributed by atoms with van der Waals surface area (Å²) in [6.07, 6.45) is 0. The highest BCUT2D eigenvalue weighted by Crippen LogP contribution is 2.32. The van der Waals surface area contributed by atoms with Crippen molar-refractivity contribution in [2.75, 3.05) is 0 Å². The molecule has 0 amide bonds. The Bertz CT molecular complexity index is 1680. The molecule has 0 nitrogen and oxygen atoms in total. The zero-order valence-electron chi connectivity index (χ0n) is 21.1. The molecule has 0 aliphatic carbocycles. The van der Waals surface area contributed by atoms with Crippen LogP contribution in [0.1, 0.15) is 0 Å². The van der Waals surface area contributed by atoms with Gasteiger partial charge in [0.2, 0.25) is 0 Å². The Morgan fingerprint density at radius 1 is 0.389 bits per heavy atom. The van der Waals surface area contributed by atoms with Crippen molar-refractivity contribution in [1.82, 2.24) is 0 Å². The molecule has 0 aliphatic rings. The van der Waals surface area contributed by atoms with Crippen molar-refractivity contribution < 1.29 is 0 Å². The Labute approximate surface area is 214 Å². The molecule has 0 aliphatic heterocycles. The molecule has 174 valence electrons. The lowest BCUT2D eigenvalue weighted by molar-refractivity contribution is 1.61. The molecule has 36 heavy (non-hydrogen) atoms. The van der Waals surface area contributed by atoms with Gasteiger partial charge in [-0.25, -0.2) is 0 Å².